The van der Waals surface area contributed by atoms with E-state index in [0.717, 1.165) is 36.4 Å². The van der Waals surface area contributed by atoms with Crippen LogP contribution >= 0.6 is 0 Å². The molecule has 1 unspecified atom stereocenters. The van der Waals surface area contributed by atoms with Crippen LogP contribution in [0, 0.1) is 0 Å². The molecule has 1 fully saturated rings. The van der Waals surface area contributed by atoms with Crippen LogP contribution < -0.4 is 14.8 Å². The van der Waals surface area contributed by atoms with E-state index in [-0.39, 0.29) is 30.6 Å². The Morgan fingerprint density at radius 3 is 2.48 bits per heavy atom. The second-order valence-electron chi connectivity index (χ2n) is 7.82. The molecule has 0 spiro atoms. The van der Waals surface area contributed by atoms with Crippen LogP contribution in [0.25, 0.3) is 0 Å². The summed E-state index contributed by atoms with van der Waals surface area (Å²) in [5.41, 5.74) is 2.16. The Morgan fingerprint density at radius 2 is 1.84 bits per heavy atom. The molecule has 1 heterocycles. The molecule has 0 aromatic heterocycles. The number of rotatable bonds is 8. The minimum atomic E-state index is -0.374. The van der Waals surface area contributed by atoms with Crippen LogP contribution in [0.1, 0.15) is 48.7 Å². The molecule has 1 N–H and O–H groups in total. The summed E-state index contributed by atoms with van der Waals surface area (Å²) >= 11 is 0. The first-order chi connectivity index (χ1) is 14.9. The first-order valence-corrected chi connectivity index (χ1v) is 10.5. The highest BCUT2D eigenvalue weighted by molar-refractivity contribution is 5.94. The Balaban J connectivity index is 1.63. The number of carbonyl (C=O) groups excluding carboxylic acids is 2. The largest absolute Gasteiger partial charge is 0.497 e. The Kier molecular flexibility index (Phi) is 7.52. The van der Waals surface area contributed by atoms with Gasteiger partial charge in [-0.1, -0.05) is 6.07 Å². The minimum absolute atomic E-state index is 0.100. The second-order valence-corrected chi connectivity index (χ2v) is 7.82. The number of nitrogens with zero attached hydrogens (tertiary/aromatic N) is 1. The molecule has 7 heteroatoms. The van der Waals surface area contributed by atoms with Crippen molar-refractivity contribution >= 4 is 17.6 Å². The van der Waals surface area contributed by atoms with Crippen molar-refractivity contribution in [3.05, 3.63) is 53.6 Å². The lowest BCUT2D eigenvalue weighted by Crippen LogP contribution is -2.33. The summed E-state index contributed by atoms with van der Waals surface area (Å²) in [5.74, 6) is 1.03. The summed E-state index contributed by atoms with van der Waals surface area (Å²) in [6.45, 7) is 4.73. The quantitative estimate of drug-likeness (QED) is 0.642. The van der Waals surface area contributed by atoms with Crippen LogP contribution in [-0.2, 0) is 9.53 Å². The zero-order valence-electron chi connectivity index (χ0n) is 18.5. The lowest BCUT2D eigenvalue weighted by Gasteiger charge is -2.26. The Bertz CT molecular complexity index is 911. The van der Waals surface area contributed by atoms with Crippen LogP contribution in [0.5, 0.6) is 11.5 Å². The van der Waals surface area contributed by atoms with E-state index in [1.807, 2.05) is 18.2 Å². The average Bonchev–Trinajstić information content (AvgIpc) is 3.20. The van der Waals surface area contributed by atoms with Gasteiger partial charge in [-0.2, -0.15) is 0 Å². The summed E-state index contributed by atoms with van der Waals surface area (Å²) in [6.07, 6.45) is 1.80. The van der Waals surface area contributed by atoms with Gasteiger partial charge in [0.25, 0.3) is 0 Å². The highest BCUT2D eigenvalue weighted by Gasteiger charge is 2.30. The Morgan fingerprint density at radius 1 is 1.10 bits per heavy atom. The number of likely N-dealkylation sites (tertiary alicyclic amines) is 1. The molecule has 1 aliphatic heterocycles. The highest BCUT2D eigenvalue weighted by atomic mass is 16.5. The molecule has 1 aliphatic rings. The maximum atomic E-state index is 12.7. The van der Waals surface area contributed by atoms with Gasteiger partial charge in [-0.3, -0.25) is 9.69 Å². The van der Waals surface area contributed by atoms with Gasteiger partial charge in [0.2, 0.25) is 5.91 Å². The lowest BCUT2D eigenvalue weighted by atomic mass is 10.0. The molecule has 0 saturated carbocycles. The molecule has 166 valence electrons. The summed E-state index contributed by atoms with van der Waals surface area (Å²) in [5, 5.41) is 2.91. The first-order valence-electron chi connectivity index (χ1n) is 10.5. The number of esters is 1. The summed E-state index contributed by atoms with van der Waals surface area (Å²) in [4.78, 5) is 26.8. The fourth-order valence-corrected chi connectivity index (χ4v) is 3.82. The number of nitrogens with one attached hydrogen (secondary N) is 1. The monoisotopic (exact) mass is 426 g/mol. The molecule has 0 bridgehead atoms. The number of anilines is 1. The normalized spacial score (nSPS) is 16.2. The predicted octanol–water partition coefficient (Wildman–Crippen LogP) is 4.04. The van der Waals surface area contributed by atoms with Crippen molar-refractivity contribution in [1.82, 2.24) is 4.90 Å². The summed E-state index contributed by atoms with van der Waals surface area (Å²) < 4.78 is 16.0. The second kappa shape index (κ2) is 10.3. The minimum Gasteiger partial charge on any atom is -0.497 e. The van der Waals surface area contributed by atoms with Crippen molar-refractivity contribution in [2.45, 2.75) is 38.8 Å². The van der Waals surface area contributed by atoms with Gasteiger partial charge in [-0.25, -0.2) is 4.79 Å². The standard InChI is InChI=1S/C24H30N2O5/c1-16(2)31-24(28)17-7-9-18(10-8-17)25-23(27)15-26-13-5-6-21(26)20-12-11-19(29-3)14-22(20)30-4/h7-12,14,16,21H,5-6,13,15H2,1-4H3,(H,25,27). The zero-order chi connectivity index (χ0) is 22.4. The van der Waals surface area contributed by atoms with Gasteiger partial charge in [0.1, 0.15) is 11.5 Å². The molecule has 1 amide bonds. The van der Waals surface area contributed by atoms with E-state index in [1.165, 1.54) is 0 Å². The summed E-state index contributed by atoms with van der Waals surface area (Å²) in [7, 11) is 3.27. The molecule has 7 nitrogen and oxygen atoms in total. The van der Waals surface area contributed by atoms with Crippen molar-refractivity contribution in [2.75, 3.05) is 32.6 Å². The molecule has 1 saturated heterocycles. The van der Waals surface area contributed by atoms with Crippen LogP contribution in [0.15, 0.2) is 42.5 Å². The van der Waals surface area contributed by atoms with Crippen LogP contribution in [-0.4, -0.2) is 50.2 Å². The van der Waals surface area contributed by atoms with Gasteiger partial charge < -0.3 is 19.5 Å². The van der Waals surface area contributed by atoms with Gasteiger partial charge in [-0.15, -0.1) is 0 Å². The average molecular weight is 427 g/mol. The summed E-state index contributed by atoms with van der Waals surface area (Å²) in [6, 6.07) is 12.6. The van der Waals surface area contributed by atoms with Gasteiger partial charge in [-0.05, 0) is 63.6 Å². The van der Waals surface area contributed by atoms with E-state index < -0.39 is 0 Å². The van der Waals surface area contributed by atoms with Gasteiger partial charge in [0.05, 0.1) is 32.4 Å². The van der Waals surface area contributed by atoms with Crippen molar-refractivity contribution in [3.8, 4) is 11.5 Å². The fourth-order valence-electron chi connectivity index (χ4n) is 3.82. The number of hydrogen-bond acceptors (Lipinski definition) is 6. The van der Waals surface area contributed by atoms with Crippen molar-refractivity contribution in [2.24, 2.45) is 0 Å². The molecular weight excluding hydrogens is 396 g/mol. The predicted molar refractivity (Wildman–Crippen MR) is 119 cm³/mol. The topological polar surface area (TPSA) is 77.1 Å². The molecule has 31 heavy (non-hydrogen) atoms. The smallest absolute Gasteiger partial charge is 0.338 e. The molecule has 3 rings (SSSR count). The SMILES string of the molecule is COc1ccc(C2CCCN2CC(=O)Nc2ccc(C(=O)OC(C)C)cc2)c(OC)c1. The van der Waals surface area contributed by atoms with E-state index in [0.29, 0.717) is 11.3 Å². The lowest BCUT2D eigenvalue weighted by molar-refractivity contribution is -0.117. The van der Waals surface area contributed by atoms with Gasteiger partial charge >= 0.3 is 5.97 Å². The Labute approximate surface area is 183 Å². The third-order valence-electron chi connectivity index (χ3n) is 5.26. The number of methoxy groups -OCH3 is 2. The van der Waals surface area contributed by atoms with E-state index in [1.54, 1.807) is 52.3 Å². The maximum Gasteiger partial charge on any atom is 0.338 e. The number of ether oxygens (including phenoxy) is 3. The molecule has 2 aromatic carbocycles. The van der Waals surface area contributed by atoms with Gasteiger partial charge in [0.15, 0.2) is 0 Å². The highest BCUT2D eigenvalue weighted by Crippen LogP contribution is 2.38. The number of hydrogen-bond donors (Lipinski definition) is 1. The molecular formula is C24H30N2O5. The molecule has 1 atom stereocenters. The third-order valence-corrected chi connectivity index (χ3v) is 5.26. The zero-order valence-corrected chi connectivity index (χ0v) is 18.5. The van der Waals surface area contributed by atoms with E-state index in [9.17, 15) is 9.59 Å². The van der Waals surface area contributed by atoms with Crippen LogP contribution in [0.2, 0.25) is 0 Å². The Hall–Kier alpha value is -3.06. The molecule has 0 radical (unpaired) electrons. The van der Waals surface area contributed by atoms with E-state index in [4.69, 9.17) is 14.2 Å². The van der Waals surface area contributed by atoms with E-state index >= 15 is 0 Å². The van der Waals surface area contributed by atoms with Crippen molar-refractivity contribution < 1.29 is 23.8 Å². The van der Waals surface area contributed by atoms with Gasteiger partial charge in [0, 0.05) is 23.4 Å². The fraction of sp³-hybridized carbons (Fsp3) is 0.417. The number of benzene rings is 2. The molecule has 0 aliphatic carbocycles. The third kappa shape index (κ3) is 5.76. The van der Waals surface area contributed by atoms with Crippen molar-refractivity contribution in [1.29, 1.82) is 0 Å². The number of carbonyl (C=O) groups is 2. The van der Waals surface area contributed by atoms with Crippen molar-refractivity contribution in [3.63, 3.8) is 0 Å². The molecule has 2 aromatic rings. The first kappa shape index (κ1) is 22.6. The number of amides is 1. The maximum absolute atomic E-state index is 12.7. The van der Waals surface area contributed by atoms with E-state index in [2.05, 4.69) is 10.2 Å². The van der Waals surface area contributed by atoms with Crippen LogP contribution in [0.3, 0.4) is 0 Å². The van der Waals surface area contributed by atoms with Crippen LogP contribution in [0.4, 0.5) is 5.69 Å².